The minimum absolute atomic E-state index is 0.112. The number of phenols is 1. The van der Waals surface area contributed by atoms with Crippen LogP contribution in [0.25, 0.3) is 0 Å². The summed E-state index contributed by atoms with van der Waals surface area (Å²) in [5.41, 5.74) is 2.51. The molecule has 2 aromatic carbocycles. The number of halogens is 2. The molecule has 1 unspecified atom stereocenters. The quantitative estimate of drug-likeness (QED) is 0.854. The predicted octanol–water partition coefficient (Wildman–Crippen LogP) is 4.48. The van der Waals surface area contributed by atoms with E-state index in [1.54, 1.807) is 18.2 Å². The van der Waals surface area contributed by atoms with Crippen LogP contribution in [0.2, 0.25) is 0 Å². The molecule has 0 radical (unpaired) electrons. The zero-order valence-corrected chi connectivity index (χ0v) is 11.8. The molecular weight excluding hydrogens is 276 g/mol. The molecule has 5 heteroatoms. The van der Waals surface area contributed by atoms with E-state index in [0.717, 1.165) is 16.8 Å². The van der Waals surface area contributed by atoms with Crippen LogP contribution in [0.15, 0.2) is 42.5 Å². The van der Waals surface area contributed by atoms with Crippen molar-refractivity contribution in [2.45, 2.75) is 26.5 Å². The third-order valence-electron chi connectivity index (χ3n) is 3.12. The Balaban J connectivity index is 2.06. The van der Waals surface area contributed by atoms with E-state index in [2.05, 4.69) is 10.1 Å². The SMILES string of the molecule is Cc1ccc(C(C)Nc2ccc(OC(F)F)cc2)c(O)c1. The lowest BCUT2D eigenvalue weighted by molar-refractivity contribution is -0.0498. The van der Waals surface area contributed by atoms with Crippen molar-refractivity contribution in [1.29, 1.82) is 0 Å². The molecule has 3 nitrogen and oxygen atoms in total. The molecule has 0 saturated heterocycles. The van der Waals surface area contributed by atoms with Crippen LogP contribution in [0.5, 0.6) is 11.5 Å². The van der Waals surface area contributed by atoms with Gasteiger partial charge in [-0.05, 0) is 49.7 Å². The van der Waals surface area contributed by atoms with Gasteiger partial charge in [0, 0.05) is 11.3 Å². The van der Waals surface area contributed by atoms with Crippen LogP contribution in [-0.2, 0) is 0 Å². The monoisotopic (exact) mass is 293 g/mol. The van der Waals surface area contributed by atoms with Gasteiger partial charge in [-0.15, -0.1) is 0 Å². The standard InChI is InChI=1S/C16H17F2NO2/c1-10-3-8-14(15(20)9-10)11(2)19-12-4-6-13(7-5-12)21-16(17)18/h3-9,11,16,19-20H,1-2H3. The Morgan fingerprint density at radius 3 is 2.33 bits per heavy atom. The lowest BCUT2D eigenvalue weighted by atomic mass is 10.0. The van der Waals surface area contributed by atoms with E-state index < -0.39 is 6.61 Å². The van der Waals surface area contributed by atoms with Crippen LogP contribution in [0.4, 0.5) is 14.5 Å². The van der Waals surface area contributed by atoms with Crippen molar-refractivity contribution in [1.82, 2.24) is 0 Å². The molecule has 0 aromatic heterocycles. The fraction of sp³-hybridized carbons (Fsp3) is 0.250. The van der Waals surface area contributed by atoms with E-state index in [4.69, 9.17) is 0 Å². The Kier molecular flexibility index (Phi) is 4.62. The van der Waals surface area contributed by atoms with Gasteiger partial charge in [-0.1, -0.05) is 12.1 Å². The van der Waals surface area contributed by atoms with Gasteiger partial charge in [0.05, 0.1) is 6.04 Å². The number of phenolic OH excluding ortho intramolecular Hbond substituents is 1. The summed E-state index contributed by atoms with van der Waals surface area (Å²) in [6.07, 6.45) is 0. The number of ether oxygens (including phenoxy) is 1. The van der Waals surface area contributed by atoms with Crippen molar-refractivity contribution in [3.8, 4) is 11.5 Å². The minimum Gasteiger partial charge on any atom is -0.508 e. The molecule has 2 N–H and O–H groups in total. The van der Waals surface area contributed by atoms with Crippen molar-refractivity contribution in [2.24, 2.45) is 0 Å². The first-order valence-corrected chi connectivity index (χ1v) is 6.56. The summed E-state index contributed by atoms with van der Waals surface area (Å²) in [5.74, 6) is 0.342. The number of hydrogen-bond donors (Lipinski definition) is 2. The average molecular weight is 293 g/mol. The van der Waals surface area contributed by atoms with Crippen LogP contribution in [0.3, 0.4) is 0 Å². The highest BCUT2D eigenvalue weighted by Gasteiger charge is 2.10. The van der Waals surface area contributed by atoms with Crippen molar-refractivity contribution >= 4 is 5.69 Å². The smallest absolute Gasteiger partial charge is 0.387 e. The van der Waals surface area contributed by atoms with Gasteiger partial charge in [-0.3, -0.25) is 0 Å². The van der Waals surface area contributed by atoms with Crippen LogP contribution in [0.1, 0.15) is 24.1 Å². The van der Waals surface area contributed by atoms with E-state index in [9.17, 15) is 13.9 Å². The molecule has 0 amide bonds. The molecule has 0 saturated carbocycles. The normalized spacial score (nSPS) is 12.2. The Morgan fingerprint density at radius 1 is 1.10 bits per heavy atom. The molecule has 0 fully saturated rings. The highest BCUT2D eigenvalue weighted by atomic mass is 19.3. The molecular formula is C16H17F2NO2. The van der Waals surface area contributed by atoms with Crippen molar-refractivity contribution in [2.75, 3.05) is 5.32 Å². The van der Waals surface area contributed by atoms with Gasteiger partial charge in [-0.2, -0.15) is 8.78 Å². The topological polar surface area (TPSA) is 41.5 Å². The zero-order chi connectivity index (χ0) is 15.4. The van der Waals surface area contributed by atoms with Crippen LogP contribution in [0, 0.1) is 6.92 Å². The molecule has 0 bridgehead atoms. The number of hydrogen-bond acceptors (Lipinski definition) is 3. The maximum atomic E-state index is 12.1. The fourth-order valence-electron chi connectivity index (χ4n) is 2.08. The van der Waals surface area contributed by atoms with Gasteiger partial charge in [0.1, 0.15) is 11.5 Å². The molecule has 2 aromatic rings. The predicted molar refractivity (Wildman–Crippen MR) is 78.0 cm³/mol. The largest absolute Gasteiger partial charge is 0.508 e. The third kappa shape index (κ3) is 4.08. The highest BCUT2D eigenvalue weighted by Crippen LogP contribution is 2.28. The number of benzene rings is 2. The number of alkyl halides is 2. The summed E-state index contributed by atoms with van der Waals surface area (Å²) in [7, 11) is 0. The summed E-state index contributed by atoms with van der Waals surface area (Å²) < 4.78 is 28.4. The first-order valence-electron chi connectivity index (χ1n) is 6.56. The highest BCUT2D eigenvalue weighted by molar-refractivity contribution is 5.50. The van der Waals surface area contributed by atoms with Gasteiger partial charge < -0.3 is 15.2 Å². The molecule has 21 heavy (non-hydrogen) atoms. The second-order valence-electron chi connectivity index (χ2n) is 4.83. The molecule has 0 heterocycles. The molecule has 2 rings (SSSR count). The number of nitrogens with one attached hydrogen (secondary N) is 1. The summed E-state index contributed by atoms with van der Waals surface area (Å²) in [5, 5.41) is 13.1. The Labute approximate surface area is 122 Å². The molecule has 0 aliphatic carbocycles. The molecule has 1 atom stereocenters. The number of anilines is 1. The number of aromatic hydroxyl groups is 1. The van der Waals surface area contributed by atoms with Gasteiger partial charge in [0.25, 0.3) is 0 Å². The molecule has 0 aliphatic heterocycles. The van der Waals surface area contributed by atoms with Gasteiger partial charge in [-0.25, -0.2) is 0 Å². The summed E-state index contributed by atoms with van der Waals surface area (Å²) in [4.78, 5) is 0. The van der Waals surface area contributed by atoms with E-state index in [-0.39, 0.29) is 17.5 Å². The van der Waals surface area contributed by atoms with E-state index in [1.165, 1.54) is 12.1 Å². The Hall–Kier alpha value is -2.30. The maximum absolute atomic E-state index is 12.1. The van der Waals surface area contributed by atoms with Crippen LogP contribution < -0.4 is 10.1 Å². The molecule has 0 spiro atoms. The lowest BCUT2D eigenvalue weighted by Crippen LogP contribution is -2.07. The van der Waals surface area contributed by atoms with E-state index in [1.807, 2.05) is 26.0 Å². The summed E-state index contributed by atoms with van der Waals surface area (Å²) in [6, 6.07) is 11.6. The number of rotatable bonds is 5. The second kappa shape index (κ2) is 6.43. The van der Waals surface area contributed by atoms with E-state index >= 15 is 0 Å². The first-order chi connectivity index (χ1) is 9.95. The fourth-order valence-corrected chi connectivity index (χ4v) is 2.08. The third-order valence-corrected chi connectivity index (χ3v) is 3.12. The Bertz CT molecular complexity index is 600. The minimum atomic E-state index is -2.83. The first kappa shape index (κ1) is 15.1. The van der Waals surface area contributed by atoms with Crippen LogP contribution >= 0.6 is 0 Å². The summed E-state index contributed by atoms with van der Waals surface area (Å²) in [6.45, 7) is 0.990. The number of aryl methyl sites for hydroxylation is 1. The van der Waals surface area contributed by atoms with Crippen molar-refractivity contribution < 1.29 is 18.6 Å². The van der Waals surface area contributed by atoms with Crippen molar-refractivity contribution in [3.05, 3.63) is 53.6 Å². The van der Waals surface area contributed by atoms with Gasteiger partial charge in [0.15, 0.2) is 0 Å². The maximum Gasteiger partial charge on any atom is 0.387 e. The lowest BCUT2D eigenvalue weighted by Gasteiger charge is -2.17. The van der Waals surface area contributed by atoms with Crippen LogP contribution in [-0.4, -0.2) is 11.7 Å². The molecule has 112 valence electrons. The molecule has 0 aliphatic rings. The zero-order valence-electron chi connectivity index (χ0n) is 11.8. The average Bonchev–Trinajstić information content (AvgIpc) is 2.40. The second-order valence-corrected chi connectivity index (χ2v) is 4.83. The van der Waals surface area contributed by atoms with Crippen molar-refractivity contribution in [3.63, 3.8) is 0 Å². The Morgan fingerprint density at radius 2 is 1.76 bits per heavy atom. The summed E-state index contributed by atoms with van der Waals surface area (Å²) >= 11 is 0. The van der Waals surface area contributed by atoms with E-state index in [0.29, 0.717) is 0 Å². The van der Waals surface area contributed by atoms with Gasteiger partial charge >= 0.3 is 6.61 Å². The van der Waals surface area contributed by atoms with Gasteiger partial charge in [0.2, 0.25) is 0 Å².